The summed E-state index contributed by atoms with van der Waals surface area (Å²) in [5, 5.41) is 12.9. The van der Waals surface area contributed by atoms with Gasteiger partial charge in [-0.3, -0.25) is 19.2 Å². The molecule has 0 aromatic rings. The Balaban J connectivity index is 1.80. The average Bonchev–Trinajstić information content (AvgIpc) is 3.26. The zero-order valence-corrected chi connectivity index (χ0v) is 21.9. The van der Waals surface area contributed by atoms with Gasteiger partial charge in [0.15, 0.2) is 0 Å². The Kier molecular flexibility index (Phi) is 8.38. The maximum Gasteiger partial charge on any atom is 0.313 e. The Hall–Kier alpha value is -2.72. The van der Waals surface area contributed by atoms with Crippen molar-refractivity contribution in [3.8, 4) is 0 Å². The summed E-state index contributed by atoms with van der Waals surface area (Å²) in [6.07, 6.45) is 8.64. The molecule has 10 nitrogen and oxygen atoms in total. The second-order valence-electron chi connectivity index (χ2n) is 10.4. The lowest BCUT2D eigenvalue weighted by Crippen LogP contribution is -2.58. The third-order valence-corrected chi connectivity index (χ3v) is 7.91. The quantitative estimate of drug-likeness (QED) is 0.397. The highest BCUT2D eigenvalue weighted by atomic mass is 16.6. The van der Waals surface area contributed by atoms with Crippen molar-refractivity contribution < 1.29 is 33.8 Å². The van der Waals surface area contributed by atoms with Gasteiger partial charge in [0.1, 0.15) is 23.7 Å². The van der Waals surface area contributed by atoms with Gasteiger partial charge in [0.25, 0.3) is 0 Å². The Bertz CT molecular complexity index is 962. The van der Waals surface area contributed by atoms with E-state index < -0.39 is 47.7 Å². The standard InChI is InChI=1S/C27H39N3O7/c1-4-6-13-29-14-9-12-27-22(24(33)30(18(5-2)16-31)23(27)25(29)34)21-19(37-27)10-7-8-11-20(32)28-15-17(3)36-26(21)35/h7,9-10,12,17-19,21-23,31H,4-6,8,11,13-16H2,1-3H3,(H,28,32)/b10-7-/t17-,18+,19-,21+,22+,23-,27+/m1/s1. The molecule has 2 fully saturated rings. The normalized spacial score (nSPS) is 35.9. The van der Waals surface area contributed by atoms with Crippen molar-refractivity contribution in [2.75, 3.05) is 26.2 Å². The van der Waals surface area contributed by atoms with Crippen LogP contribution in [0.5, 0.6) is 0 Å². The summed E-state index contributed by atoms with van der Waals surface area (Å²) < 4.78 is 12.3. The van der Waals surface area contributed by atoms with Crippen molar-refractivity contribution in [2.24, 2.45) is 11.8 Å². The number of hydrogen-bond acceptors (Lipinski definition) is 7. The minimum Gasteiger partial charge on any atom is -0.460 e. The van der Waals surface area contributed by atoms with Crippen molar-refractivity contribution in [3.63, 3.8) is 0 Å². The van der Waals surface area contributed by atoms with Crippen LogP contribution < -0.4 is 5.32 Å². The zero-order valence-electron chi connectivity index (χ0n) is 21.9. The van der Waals surface area contributed by atoms with Gasteiger partial charge in [-0.25, -0.2) is 0 Å². The minimum atomic E-state index is -1.37. The number of cyclic esters (lactones) is 1. The van der Waals surface area contributed by atoms with Crippen molar-refractivity contribution in [1.29, 1.82) is 0 Å². The van der Waals surface area contributed by atoms with E-state index in [4.69, 9.17) is 9.47 Å². The number of esters is 1. The molecule has 7 atom stereocenters. The molecule has 4 aliphatic rings. The van der Waals surface area contributed by atoms with Crippen LogP contribution in [0, 0.1) is 11.8 Å². The lowest BCUT2D eigenvalue weighted by atomic mass is 9.78. The molecule has 4 rings (SSSR count). The number of carbonyl (C=O) groups is 4. The predicted octanol–water partition coefficient (Wildman–Crippen LogP) is 0.935. The Labute approximate surface area is 218 Å². The van der Waals surface area contributed by atoms with E-state index in [1.165, 1.54) is 4.90 Å². The molecule has 0 radical (unpaired) electrons. The number of allylic oxidation sites excluding steroid dienone is 1. The first-order chi connectivity index (χ1) is 17.8. The van der Waals surface area contributed by atoms with Crippen LogP contribution in [0.1, 0.15) is 52.9 Å². The summed E-state index contributed by atoms with van der Waals surface area (Å²) >= 11 is 0. The van der Waals surface area contributed by atoms with Crippen molar-refractivity contribution in [1.82, 2.24) is 15.1 Å². The van der Waals surface area contributed by atoms with Gasteiger partial charge in [-0.1, -0.05) is 44.6 Å². The molecule has 0 saturated carbocycles. The number of carbonyl (C=O) groups excluding carboxylic acids is 4. The number of amides is 3. The molecular weight excluding hydrogens is 478 g/mol. The van der Waals surface area contributed by atoms with Crippen molar-refractivity contribution in [2.45, 2.75) is 82.8 Å². The summed E-state index contributed by atoms with van der Waals surface area (Å²) in [7, 11) is 0. The van der Waals surface area contributed by atoms with Gasteiger partial charge in [-0.05, 0) is 26.2 Å². The van der Waals surface area contributed by atoms with Gasteiger partial charge in [0, 0.05) is 19.5 Å². The van der Waals surface area contributed by atoms with Gasteiger partial charge < -0.3 is 29.7 Å². The van der Waals surface area contributed by atoms with Crippen LogP contribution in [0.4, 0.5) is 0 Å². The Morgan fingerprint density at radius 1 is 1.19 bits per heavy atom. The topological polar surface area (TPSA) is 125 Å². The first kappa shape index (κ1) is 27.3. The van der Waals surface area contributed by atoms with Crippen LogP contribution in [-0.4, -0.2) is 94.7 Å². The maximum absolute atomic E-state index is 14.1. The monoisotopic (exact) mass is 517 g/mol. The highest BCUT2D eigenvalue weighted by Crippen LogP contribution is 2.53. The zero-order chi connectivity index (χ0) is 26.7. The van der Waals surface area contributed by atoms with Crippen LogP contribution in [-0.2, 0) is 28.7 Å². The molecular formula is C27H39N3O7. The number of unbranched alkanes of at least 4 members (excludes halogenated alkanes) is 1. The molecule has 0 bridgehead atoms. The Morgan fingerprint density at radius 3 is 2.68 bits per heavy atom. The molecule has 10 heteroatoms. The van der Waals surface area contributed by atoms with E-state index in [-0.39, 0.29) is 37.3 Å². The van der Waals surface area contributed by atoms with Gasteiger partial charge >= 0.3 is 5.97 Å². The average molecular weight is 518 g/mol. The summed E-state index contributed by atoms with van der Waals surface area (Å²) in [6.45, 7) is 6.38. The third kappa shape index (κ3) is 4.93. The lowest BCUT2D eigenvalue weighted by Gasteiger charge is -2.38. The number of ether oxygens (including phenoxy) is 2. The highest BCUT2D eigenvalue weighted by molar-refractivity contribution is 5.99. The van der Waals surface area contributed by atoms with Crippen LogP contribution in [0.25, 0.3) is 0 Å². The molecule has 2 saturated heterocycles. The maximum atomic E-state index is 14.1. The number of nitrogens with one attached hydrogen (secondary N) is 1. The fourth-order valence-electron chi connectivity index (χ4n) is 6.01. The number of nitrogens with zero attached hydrogens (tertiary/aromatic N) is 2. The van der Waals surface area contributed by atoms with Crippen molar-refractivity contribution in [3.05, 3.63) is 24.3 Å². The second-order valence-corrected chi connectivity index (χ2v) is 10.4. The number of rotatable bonds is 6. The minimum absolute atomic E-state index is 0.141. The number of fused-ring (bicyclic) bond motifs is 2. The molecule has 0 unspecified atom stereocenters. The number of aliphatic hydroxyl groups excluding tert-OH is 1. The Morgan fingerprint density at radius 2 is 1.97 bits per heavy atom. The van der Waals surface area contributed by atoms with Gasteiger partial charge in [0.05, 0.1) is 31.2 Å². The molecule has 3 amide bonds. The smallest absolute Gasteiger partial charge is 0.313 e. The fourth-order valence-corrected chi connectivity index (χ4v) is 6.01. The van der Waals surface area contributed by atoms with E-state index in [0.29, 0.717) is 25.9 Å². The van der Waals surface area contributed by atoms with Crippen LogP contribution in [0.15, 0.2) is 24.3 Å². The molecule has 204 valence electrons. The number of likely N-dealkylation sites (tertiary alicyclic amines) is 1. The van der Waals surface area contributed by atoms with E-state index in [1.54, 1.807) is 30.1 Å². The van der Waals surface area contributed by atoms with E-state index >= 15 is 0 Å². The van der Waals surface area contributed by atoms with E-state index in [1.807, 2.05) is 19.9 Å². The summed E-state index contributed by atoms with van der Waals surface area (Å²) in [6, 6.07) is -1.58. The fraction of sp³-hybridized carbons (Fsp3) is 0.704. The predicted molar refractivity (Wildman–Crippen MR) is 134 cm³/mol. The molecule has 4 heterocycles. The van der Waals surface area contributed by atoms with Gasteiger partial charge in [0.2, 0.25) is 17.7 Å². The summed E-state index contributed by atoms with van der Waals surface area (Å²) in [4.78, 5) is 57.0. The summed E-state index contributed by atoms with van der Waals surface area (Å²) in [5.74, 6) is -3.30. The van der Waals surface area contributed by atoms with Gasteiger partial charge in [-0.15, -0.1) is 0 Å². The van der Waals surface area contributed by atoms with Gasteiger partial charge in [-0.2, -0.15) is 0 Å². The summed E-state index contributed by atoms with van der Waals surface area (Å²) in [5.41, 5.74) is -1.37. The number of aliphatic hydroxyl groups is 1. The van der Waals surface area contributed by atoms with Crippen molar-refractivity contribution >= 4 is 23.7 Å². The molecule has 1 spiro atoms. The van der Waals surface area contributed by atoms with Crippen LogP contribution in [0.2, 0.25) is 0 Å². The van der Waals surface area contributed by atoms with E-state index in [2.05, 4.69) is 5.32 Å². The first-order valence-electron chi connectivity index (χ1n) is 13.5. The lowest BCUT2D eigenvalue weighted by molar-refractivity contribution is -0.159. The molecule has 0 aromatic heterocycles. The SMILES string of the molecule is CCCCN1CC=C[C@]23O[C@@H]4/C=C\CCC(=O)NC[C@@H](C)OC(=O)[C@@H]4[C@H]2C(=O)N([C@@H](CC)CO)[C@@H]3C1=O. The number of hydrogen-bond donors (Lipinski definition) is 2. The van der Waals surface area contributed by atoms with E-state index in [0.717, 1.165) is 12.8 Å². The van der Waals surface area contributed by atoms with Crippen LogP contribution in [0.3, 0.4) is 0 Å². The third-order valence-electron chi connectivity index (χ3n) is 7.91. The molecule has 37 heavy (non-hydrogen) atoms. The molecule has 0 aliphatic carbocycles. The van der Waals surface area contributed by atoms with E-state index in [9.17, 15) is 24.3 Å². The molecule has 4 aliphatic heterocycles. The second kappa shape index (κ2) is 11.3. The highest BCUT2D eigenvalue weighted by Gasteiger charge is 2.72. The molecule has 0 aromatic carbocycles. The first-order valence-corrected chi connectivity index (χ1v) is 13.5. The van der Waals surface area contributed by atoms with Crippen LogP contribution >= 0.6 is 0 Å². The largest absolute Gasteiger partial charge is 0.460 e. The molecule has 2 N–H and O–H groups in total.